The number of aryl methyl sites for hydroxylation is 1. The molecule has 0 amide bonds. The molecule has 2 aromatic heterocycles. The zero-order chi connectivity index (χ0) is 29.6. The van der Waals surface area contributed by atoms with E-state index in [2.05, 4.69) is 46.7 Å². The normalized spacial score (nSPS) is 11.7. The number of halogens is 1. The number of rotatable bonds is 6. The molecule has 0 spiro atoms. The van der Waals surface area contributed by atoms with E-state index in [0.717, 1.165) is 44.2 Å². The van der Waals surface area contributed by atoms with E-state index in [1.54, 1.807) is 10.7 Å². The van der Waals surface area contributed by atoms with Crippen molar-refractivity contribution in [1.82, 2.24) is 24.8 Å². The van der Waals surface area contributed by atoms with Gasteiger partial charge in [-0.15, -0.1) is 5.10 Å². The number of carbonyl (C=O) groups excluding carboxylic acids is 1. The number of benzene rings is 5. The van der Waals surface area contributed by atoms with Crippen LogP contribution in [0, 0.1) is 0 Å². The summed E-state index contributed by atoms with van der Waals surface area (Å²) in [6.45, 7) is 0. The highest BCUT2D eigenvalue weighted by atomic mass is 35.5. The van der Waals surface area contributed by atoms with Crippen LogP contribution >= 0.6 is 11.6 Å². The second-order valence-electron chi connectivity index (χ2n) is 10.3. The van der Waals surface area contributed by atoms with E-state index in [1.807, 2.05) is 90.6 Å². The second kappa shape index (κ2) is 10.5. The molecule has 7 aromatic rings. The Hall–Kier alpha value is -5.27. The van der Waals surface area contributed by atoms with Crippen molar-refractivity contribution in [2.75, 3.05) is 7.11 Å². The minimum Gasteiger partial charge on any atom is -0.465 e. The Morgan fingerprint density at radius 3 is 1.91 bits per heavy atom. The molecule has 0 N–H and O–H groups in total. The monoisotopic (exact) mass is 583 g/mol. The van der Waals surface area contributed by atoms with E-state index in [0.29, 0.717) is 5.69 Å². The van der Waals surface area contributed by atoms with Crippen LogP contribution in [0.25, 0.3) is 33.2 Å². The highest BCUT2D eigenvalue weighted by Gasteiger charge is 2.41. The van der Waals surface area contributed by atoms with Crippen molar-refractivity contribution in [3.05, 3.63) is 149 Å². The molecule has 0 bridgehead atoms. The fraction of sp³-hybridized carbons (Fsp3) is 0.0857. The molecule has 0 aliphatic carbocycles. The SMILES string of the molecule is COC(=O)c1cc2c(-c3ccc4nnn(C)c4c3)nn(C(c3ccccc3)(c3ccccc3)c3ccccc3)c2cc1Cl. The van der Waals surface area contributed by atoms with Gasteiger partial charge in [0.1, 0.15) is 16.7 Å². The maximum absolute atomic E-state index is 12.8. The quantitative estimate of drug-likeness (QED) is 0.152. The lowest BCUT2D eigenvalue weighted by Crippen LogP contribution is -2.38. The third-order valence-electron chi connectivity index (χ3n) is 7.95. The summed E-state index contributed by atoms with van der Waals surface area (Å²) in [5.41, 5.74) is 6.36. The Kier molecular flexibility index (Phi) is 6.52. The fourth-order valence-corrected chi connectivity index (χ4v) is 6.19. The van der Waals surface area contributed by atoms with Crippen LogP contribution in [0.4, 0.5) is 0 Å². The molecule has 0 saturated heterocycles. The Morgan fingerprint density at radius 1 is 0.767 bits per heavy atom. The predicted octanol–water partition coefficient (Wildman–Crippen LogP) is 7.27. The van der Waals surface area contributed by atoms with Gasteiger partial charge in [0, 0.05) is 18.0 Å². The average molecular weight is 584 g/mol. The summed E-state index contributed by atoms with van der Waals surface area (Å²) >= 11 is 6.81. The van der Waals surface area contributed by atoms with Gasteiger partial charge in [0.05, 0.1) is 28.7 Å². The van der Waals surface area contributed by atoms with E-state index in [4.69, 9.17) is 21.4 Å². The number of hydrogen-bond donors (Lipinski definition) is 0. The molecule has 7 rings (SSSR count). The van der Waals surface area contributed by atoms with Crippen LogP contribution in [0.1, 0.15) is 27.0 Å². The van der Waals surface area contributed by atoms with Gasteiger partial charge in [-0.25, -0.2) is 14.2 Å². The van der Waals surface area contributed by atoms with Crippen molar-refractivity contribution in [3.8, 4) is 11.3 Å². The summed E-state index contributed by atoms with van der Waals surface area (Å²) in [7, 11) is 3.21. The summed E-state index contributed by atoms with van der Waals surface area (Å²) in [6, 6.07) is 40.4. The van der Waals surface area contributed by atoms with Crippen LogP contribution in [-0.2, 0) is 17.3 Å². The molecule has 5 aromatic carbocycles. The van der Waals surface area contributed by atoms with E-state index < -0.39 is 11.5 Å². The molecule has 0 saturated carbocycles. The van der Waals surface area contributed by atoms with Gasteiger partial charge in [-0.1, -0.05) is 114 Å². The molecule has 0 radical (unpaired) electrons. The second-order valence-corrected chi connectivity index (χ2v) is 10.7. The van der Waals surface area contributed by atoms with Gasteiger partial charge in [0.2, 0.25) is 0 Å². The first-order valence-electron chi connectivity index (χ1n) is 13.8. The number of ether oxygens (including phenoxy) is 1. The number of hydrogen-bond acceptors (Lipinski definition) is 5. The van der Waals surface area contributed by atoms with Gasteiger partial charge < -0.3 is 4.74 Å². The molecule has 8 heteroatoms. The lowest BCUT2D eigenvalue weighted by atomic mass is 9.77. The molecule has 0 aliphatic rings. The Labute approximate surface area is 252 Å². The van der Waals surface area contributed by atoms with Crippen LogP contribution in [0.15, 0.2) is 121 Å². The van der Waals surface area contributed by atoms with Crippen LogP contribution in [0.2, 0.25) is 5.02 Å². The van der Waals surface area contributed by atoms with Gasteiger partial charge in [-0.2, -0.15) is 5.10 Å². The third kappa shape index (κ3) is 4.20. The topological polar surface area (TPSA) is 74.8 Å². The highest BCUT2D eigenvalue weighted by molar-refractivity contribution is 6.34. The Balaban J connectivity index is 1.66. The smallest absolute Gasteiger partial charge is 0.339 e. The summed E-state index contributed by atoms with van der Waals surface area (Å²) in [5, 5.41) is 14.9. The van der Waals surface area contributed by atoms with Crippen molar-refractivity contribution in [3.63, 3.8) is 0 Å². The van der Waals surface area contributed by atoms with E-state index >= 15 is 0 Å². The number of carbonyl (C=O) groups is 1. The summed E-state index contributed by atoms with van der Waals surface area (Å²) in [6.07, 6.45) is 0. The minimum absolute atomic E-state index is 0.269. The van der Waals surface area contributed by atoms with Crippen LogP contribution in [0.3, 0.4) is 0 Å². The number of methoxy groups -OCH3 is 1. The van der Waals surface area contributed by atoms with Crippen LogP contribution < -0.4 is 0 Å². The first kappa shape index (κ1) is 26.6. The molecule has 0 fully saturated rings. The number of fused-ring (bicyclic) bond motifs is 2. The van der Waals surface area contributed by atoms with Gasteiger partial charge >= 0.3 is 5.97 Å². The molecular formula is C35H26ClN5O2. The number of nitrogens with zero attached hydrogens (tertiary/aromatic N) is 5. The number of aromatic nitrogens is 5. The summed E-state index contributed by atoms with van der Waals surface area (Å²) < 4.78 is 8.86. The maximum Gasteiger partial charge on any atom is 0.339 e. The average Bonchev–Trinajstić information content (AvgIpc) is 3.62. The van der Waals surface area contributed by atoms with Crippen LogP contribution in [0.5, 0.6) is 0 Å². The minimum atomic E-state index is -0.894. The van der Waals surface area contributed by atoms with Gasteiger partial charge in [-0.3, -0.25) is 0 Å². The largest absolute Gasteiger partial charge is 0.465 e. The molecule has 0 atom stereocenters. The predicted molar refractivity (Wildman–Crippen MR) is 168 cm³/mol. The number of esters is 1. The van der Waals surface area contributed by atoms with Gasteiger partial charge in [0.15, 0.2) is 0 Å². The summed E-state index contributed by atoms with van der Waals surface area (Å²) in [4.78, 5) is 12.8. The van der Waals surface area contributed by atoms with Crippen molar-refractivity contribution in [2.24, 2.45) is 7.05 Å². The van der Waals surface area contributed by atoms with Crippen molar-refractivity contribution >= 4 is 39.5 Å². The van der Waals surface area contributed by atoms with E-state index in [-0.39, 0.29) is 10.6 Å². The standard InChI is InChI=1S/C35H26ClN5O2/c1-40-32-20-23(18-19-30(32)37-39-40)33-28-21-27(34(42)43-2)29(36)22-31(28)41(38-33)35(24-12-6-3-7-13-24,25-14-8-4-9-15-25)26-16-10-5-11-17-26/h3-22H,1-2H3. The zero-order valence-electron chi connectivity index (χ0n) is 23.5. The summed E-state index contributed by atoms with van der Waals surface area (Å²) in [5.74, 6) is -0.516. The first-order chi connectivity index (χ1) is 21.0. The van der Waals surface area contributed by atoms with Crippen molar-refractivity contribution in [2.45, 2.75) is 5.54 Å². The van der Waals surface area contributed by atoms with Crippen LogP contribution in [-0.4, -0.2) is 37.9 Å². The fourth-order valence-electron chi connectivity index (χ4n) is 5.95. The van der Waals surface area contributed by atoms with E-state index in [1.165, 1.54) is 7.11 Å². The van der Waals surface area contributed by atoms with Gasteiger partial charge in [-0.05, 0) is 41.0 Å². The maximum atomic E-state index is 12.8. The lowest BCUT2D eigenvalue weighted by molar-refractivity contribution is 0.0601. The van der Waals surface area contributed by atoms with Crippen molar-refractivity contribution in [1.29, 1.82) is 0 Å². The Bertz CT molecular complexity index is 2010. The lowest BCUT2D eigenvalue weighted by Gasteiger charge is -2.37. The van der Waals surface area contributed by atoms with E-state index in [9.17, 15) is 4.79 Å². The molecule has 7 nitrogen and oxygen atoms in total. The van der Waals surface area contributed by atoms with Crippen molar-refractivity contribution < 1.29 is 9.53 Å². The molecule has 210 valence electrons. The molecule has 2 heterocycles. The van der Waals surface area contributed by atoms with Gasteiger partial charge in [0.25, 0.3) is 0 Å². The zero-order valence-corrected chi connectivity index (χ0v) is 24.2. The first-order valence-corrected chi connectivity index (χ1v) is 14.2. The molecule has 0 unspecified atom stereocenters. The third-order valence-corrected chi connectivity index (χ3v) is 8.26. The molecular weight excluding hydrogens is 558 g/mol. The Morgan fingerprint density at radius 2 is 1.35 bits per heavy atom. The molecule has 43 heavy (non-hydrogen) atoms. The highest BCUT2D eigenvalue weighted by Crippen LogP contribution is 2.45. The molecule has 0 aliphatic heterocycles.